The molecule has 0 radical (unpaired) electrons. The summed E-state index contributed by atoms with van der Waals surface area (Å²) in [6.45, 7) is 3.53. The molecule has 1 saturated heterocycles. The minimum absolute atomic E-state index is 0.0428. The Balaban J connectivity index is 1.69. The molecule has 0 spiro atoms. The van der Waals surface area contributed by atoms with Gasteiger partial charge in [0.05, 0.1) is 6.61 Å². The number of unbranched alkanes of at least 4 members (excludes halogenated alkanes) is 1. The fraction of sp³-hybridized carbons (Fsp3) is 0.636. The van der Waals surface area contributed by atoms with Gasteiger partial charge in [0.25, 0.3) is 11.5 Å². The van der Waals surface area contributed by atoms with E-state index < -0.39 is 35.1 Å². The van der Waals surface area contributed by atoms with Crippen molar-refractivity contribution >= 4 is 11.9 Å². The second-order valence-electron chi connectivity index (χ2n) is 9.04. The number of likely N-dealkylation sites (N-methyl/N-ethyl adjacent to an activating group) is 1. The molecule has 1 aliphatic heterocycles. The predicted molar refractivity (Wildman–Crippen MR) is 108 cm³/mol. The number of hydrogen-bond donors (Lipinski definition) is 1. The second-order valence-corrected chi connectivity index (χ2v) is 9.04. The number of alkyl halides is 6. The van der Waals surface area contributed by atoms with Gasteiger partial charge in [-0.25, -0.2) is 4.79 Å². The van der Waals surface area contributed by atoms with Gasteiger partial charge in [0.15, 0.2) is 0 Å². The molecule has 0 aromatic heterocycles. The quantitative estimate of drug-likeness (QED) is 0.347. The number of amides is 3. The summed E-state index contributed by atoms with van der Waals surface area (Å²) >= 11 is 0. The molecule has 1 aliphatic carbocycles. The zero-order valence-corrected chi connectivity index (χ0v) is 18.9. The van der Waals surface area contributed by atoms with E-state index in [2.05, 4.69) is 0 Å². The maximum Gasteiger partial charge on any atom is 0.430 e. The normalized spacial score (nSPS) is 18.6. The first-order valence-corrected chi connectivity index (χ1v) is 10.8. The largest absolute Gasteiger partial charge is 0.493 e. The van der Waals surface area contributed by atoms with E-state index in [1.54, 1.807) is 13.8 Å². The fourth-order valence-electron chi connectivity index (χ4n) is 4.35. The number of ether oxygens (including phenoxy) is 1. The zero-order chi connectivity index (χ0) is 25.7. The summed E-state index contributed by atoms with van der Waals surface area (Å²) < 4.78 is 85.7. The lowest BCUT2D eigenvalue weighted by atomic mass is 9.86. The van der Waals surface area contributed by atoms with Crippen LogP contribution in [-0.4, -0.2) is 64.9 Å². The standard InChI is InChI=1S/C22H26F6N2O4/c1-19(2)17(31)30(18(32)29(19)3)11-4-5-12-34-16-10-9-15(13-7-6-8-14(13)16)20(33,21(23,24)25)22(26,27)28/h9-10,33H,4-8,11-12H2,1-3H3. The molecule has 1 aromatic carbocycles. The SMILES string of the molecule is CN1C(=O)N(CCCCOc2ccc(C(O)(C(F)(F)F)C(F)(F)F)c3c2CCC3)C(=O)C1(C)C. The highest BCUT2D eigenvalue weighted by atomic mass is 19.4. The topological polar surface area (TPSA) is 70.1 Å². The monoisotopic (exact) mass is 496 g/mol. The van der Waals surface area contributed by atoms with E-state index in [-0.39, 0.29) is 48.8 Å². The third-order valence-electron chi connectivity index (χ3n) is 6.61. The average Bonchev–Trinajstić information content (AvgIpc) is 3.27. The Morgan fingerprint density at radius 1 is 1.00 bits per heavy atom. The van der Waals surface area contributed by atoms with Crippen LogP contribution < -0.4 is 4.74 Å². The molecule has 2 aliphatic rings. The van der Waals surface area contributed by atoms with E-state index in [1.165, 1.54) is 11.9 Å². The lowest BCUT2D eigenvalue weighted by molar-refractivity contribution is -0.376. The van der Waals surface area contributed by atoms with Gasteiger partial charge in [0.1, 0.15) is 11.3 Å². The first-order chi connectivity index (χ1) is 15.5. The number of carbonyl (C=O) groups excluding carboxylic acids is 2. The minimum Gasteiger partial charge on any atom is -0.493 e. The van der Waals surface area contributed by atoms with Crippen LogP contribution >= 0.6 is 0 Å². The smallest absolute Gasteiger partial charge is 0.430 e. The van der Waals surface area contributed by atoms with Crippen LogP contribution in [0.5, 0.6) is 5.75 Å². The van der Waals surface area contributed by atoms with Crippen LogP contribution in [0.15, 0.2) is 12.1 Å². The van der Waals surface area contributed by atoms with Gasteiger partial charge in [-0.15, -0.1) is 0 Å². The van der Waals surface area contributed by atoms with Gasteiger partial charge in [0.2, 0.25) is 0 Å². The lowest BCUT2D eigenvalue weighted by Crippen LogP contribution is -2.54. The van der Waals surface area contributed by atoms with Gasteiger partial charge in [-0.3, -0.25) is 9.69 Å². The molecule has 3 amide bonds. The van der Waals surface area contributed by atoms with Gasteiger partial charge in [-0.2, -0.15) is 26.3 Å². The van der Waals surface area contributed by atoms with Gasteiger partial charge in [-0.1, -0.05) is 6.07 Å². The molecule has 1 N–H and O–H groups in total. The minimum atomic E-state index is -5.95. The molecule has 3 rings (SSSR count). The number of aliphatic hydroxyl groups is 1. The third kappa shape index (κ3) is 4.09. The van der Waals surface area contributed by atoms with E-state index in [1.807, 2.05) is 0 Å². The number of halogens is 6. The van der Waals surface area contributed by atoms with Gasteiger partial charge < -0.3 is 14.7 Å². The molecule has 1 fully saturated rings. The zero-order valence-electron chi connectivity index (χ0n) is 18.9. The van der Waals surface area contributed by atoms with Gasteiger partial charge in [0, 0.05) is 19.2 Å². The molecule has 0 bridgehead atoms. The Labute approximate surface area is 192 Å². The number of fused-ring (bicyclic) bond motifs is 1. The summed E-state index contributed by atoms with van der Waals surface area (Å²) in [4.78, 5) is 27.1. The highest BCUT2D eigenvalue weighted by Gasteiger charge is 2.72. The van der Waals surface area contributed by atoms with Crippen molar-refractivity contribution in [3.8, 4) is 5.75 Å². The number of carbonyl (C=O) groups is 2. The summed E-state index contributed by atoms with van der Waals surface area (Å²) in [6, 6.07) is 1.23. The van der Waals surface area contributed by atoms with Crippen LogP contribution in [0.4, 0.5) is 31.1 Å². The first kappa shape index (κ1) is 26.1. The molecule has 34 heavy (non-hydrogen) atoms. The van der Waals surface area contributed by atoms with E-state index in [0.29, 0.717) is 25.3 Å². The molecule has 0 unspecified atom stereocenters. The molecular formula is C22H26F6N2O4. The Kier molecular flexibility index (Phi) is 6.62. The van der Waals surface area contributed by atoms with Crippen LogP contribution in [0, 0.1) is 0 Å². The highest BCUT2D eigenvalue weighted by molar-refractivity contribution is 6.06. The Morgan fingerprint density at radius 3 is 2.12 bits per heavy atom. The van der Waals surface area contributed by atoms with Crippen molar-refractivity contribution in [1.82, 2.24) is 9.80 Å². The molecule has 12 heteroatoms. The Hall–Kier alpha value is -2.50. The van der Waals surface area contributed by atoms with Crippen molar-refractivity contribution in [2.75, 3.05) is 20.2 Å². The van der Waals surface area contributed by atoms with Crippen molar-refractivity contribution in [1.29, 1.82) is 0 Å². The van der Waals surface area contributed by atoms with Crippen LogP contribution in [-0.2, 0) is 23.2 Å². The second kappa shape index (κ2) is 8.62. The maximum atomic E-state index is 13.3. The summed E-state index contributed by atoms with van der Waals surface area (Å²) in [5, 5.41) is 9.80. The molecule has 0 atom stereocenters. The number of nitrogens with zero attached hydrogens (tertiary/aromatic N) is 2. The van der Waals surface area contributed by atoms with Crippen LogP contribution in [0.2, 0.25) is 0 Å². The van der Waals surface area contributed by atoms with Gasteiger partial charge in [-0.05, 0) is 63.1 Å². The Morgan fingerprint density at radius 2 is 1.59 bits per heavy atom. The number of hydrogen-bond acceptors (Lipinski definition) is 4. The van der Waals surface area contributed by atoms with E-state index in [0.717, 1.165) is 11.0 Å². The molecule has 6 nitrogen and oxygen atoms in total. The highest BCUT2D eigenvalue weighted by Crippen LogP contribution is 2.52. The van der Waals surface area contributed by atoms with Crippen LogP contribution in [0.25, 0.3) is 0 Å². The number of rotatable bonds is 7. The van der Waals surface area contributed by atoms with Crippen LogP contribution in [0.3, 0.4) is 0 Å². The van der Waals surface area contributed by atoms with Crippen molar-refractivity contribution in [3.63, 3.8) is 0 Å². The van der Waals surface area contributed by atoms with E-state index >= 15 is 0 Å². The Bertz CT molecular complexity index is 959. The van der Waals surface area contributed by atoms with Gasteiger partial charge >= 0.3 is 18.4 Å². The first-order valence-electron chi connectivity index (χ1n) is 10.8. The van der Waals surface area contributed by atoms with Crippen LogP contribution in [0.1, 0.15) is 49.8 Å². The summed E-state index contributed by atoms with van der Waals surface area (Å²) in [5.41, 5.74) is -7.11. The predicted octanol–water partition coefficient (Wildman–Crippen LogP) is 4.32. The van der Waals surface area contributed by atoms with E-state index in [9.17, 15) is 41.0 Å². The number of benzene rings is 1. The summed E-state index contributed by atoms with van der Waals surface area (Å²) in [7, 11) is 1.53. The van der Waals surface area contributed by atoms with Crippen molar-refractivity contribution in [2.24, 2.45) is 0 Å². The summed E-state index contributed by atoms with van der Waals surface area (Å²) in [6.07, 6.45) is -10.6. The van der Waals surface area contributed by atoms with Crippen molar-refractivity contribution in [2.45, 2.75) is 69.4 Å². The van der Waals surface area contributed by atoms with E-state index in [4.69, 9.17) is 4.74 Å². The number of imide groups is 1. The number of urea groups is 1. The average molecular weight is 496 g/mol. The maximum absolute atomic E-state index is 13.3. The van der Waals surface area contributed by atoms with Crippen molar-refractivity contribution < 1.29 is 45.8 Å². The molecular weight excluding hydrogens is 470 g/mol. The third-order valence-corrected chi connectivity index (χ3v) is 6.61. The fourth-order valence-corrected chi connectivity index (χ4v) is 4.35. The summed E-state index contributed by atoms with van der Waals surface area (Å²) in [5.74, 6) is -0.159. The molecule has 0 saturated carbocycles. The molecule has 190 valence electrons. The molecule has 1 heterocycles. The lowest BCUT2D eigenvalue weighted by Gasteiger charge is -2.34. The van der Waals surface area contributed by atoms with Crippen molar-refractivity contribution in [3.05, 3.63) is 28.8 Å². The molecule has 1 aromatic rings.